The second-order valence-corrected chi connectivity index (χ2v) is 4.85. The van der Waals surface area contributed by atoms with Crippen LogP contribution < -0.4 is 0 Å². The molecule has 0 aromatic rings. The van der Waals surface area contributed by atoms with E-state index in [1.54, 1.807) is 0 Å². The van der Waals surface area contributed by atoms with Crippen LogP contribution in [0.25, 0.3) is 0 Å². The second-order valence-electron chi connectivity index (χ2n) is 4.06. The van der Waals surface area contributed by atoms with Crippen molar-refractivity contribution < 1.29 is 0 Å². The molecule has 0 saturated heterocycles. The van der Waals surface area contributed by atoms with Gasteiger partial charge in [-0.2, -0.15) is 0 Å². The molecule has 0 radical (unpaired) electrons. The van der Waals surface area contributed by atoms with E-state index in [4.69, 9.17) is 0 Å². The number of halogens is 1. The van der Waals surface area contributed by atoms with Gasteiger partial charge >= 0.3 is 0 Å². The van der Waals surface area contributed by atoms with Gasteiger partial charge in [0.25, 0.3) is 0 Å². The van der Waals surface area contributed by atoms with Crippen molar-refractivity contribution in [2.75, 3.05) is 5.33 Å². The summed E-state index contributed by atoms with van der Waals surface area (Å²) in [4.78, 5) is 0. The van der Waals surface area contributed by atoms with E-state index in [1.165, 1.54) is 25.7 Å². The van der Waals surface area contributed by atoms with E-state index in [1.807, 2.05) is 0 Å². The Hall–Kier alpha value is 0.480. The van der Waals surface area contributed by atoms with E-state index in [2.05, 4.69) is 36.7 Å². The second kappa shape index (κ2) is 5.17. The van der Waals surface area contributed by atoms with Crippen LogP contribution in [0.4, 0.5) is 0 Å². The van der Waals surface area contributed by atoms with Crippen molar-refractivity contribution in [3.63, 3.8) is 0 Å². The van der Waals surface area contributed by atoms with Crippen molar-refractivity contribution >= 4 is 15.9 Å². The Morgan fingerprint density at radius 1 is 1.00 bits per heavy atom. The summed E-state index contributed by atoms with van der Waals surface area (Å²) in [5.41, 5.74) is 0.534. The van der Waals surface area contributed by atoms with Gasteiger partial charge in [-0.1, -0.05) is 49.5 Å². The van der Waals surface area contributed by atoms with Crippen LogP contribution in [0.2, 0.25) is 0 Å². The lowest BCUT2D eigenvalue weighted by atomic mass is 9.90. The molecular formula is C9H19Br. The fraction of sp³-hybridized carbons (Fsp3) is 1.00. The summed E-state index contributed by atoms with van der Waals surface area (Å²) in [6.45, 7) is 6.92. The van der Waals surface area contributed by atoms with Gasteiger partial charge in [-0.05, 0) is 18.3 Å². The van der Waals surface area contributed by atoms with Gasteiger partial charge in [0, 0.05) is 5.33 Å². The van der Waals surface area contributed by atoms with Crippen LogP contribution >= 0.6 is 15.9 Å². The van der Waals surface area contributed by atoms with Crippen molar-refractivity contribution in [3.05, 3.63) is 0 Å². The van der Waals surface area contributed by atoms with E-state index in [9.17, 15) is 0 Å². The number of unbranched alkanes of at least 4 members (excludes halogenated alkanes) is 2. The minimum Gasteiger partial charge on any atom is -0.0928 e. The number of alkyl halides is 1. The SMILES string of the molecule is CC(C)(C)CCCCCBr. The highest BCUT2D eigenvalue weighted by molar-refractivity contribution is 9.09. The summed E-state index contributed by atoms with van der Waals surface area (Å²) in [7, 11) is 0. The average Bonchev–Trinajstić information content (AvgIpc) is 1.78. The van der Waals surface area contributed by atoms with Gasteiger partial charge in [-0.15, -0.1) is 0 Å². The molecule has 0 spiro atoms. The summed E-state index contributed by atoms with van der Waals surface area (Å²) in [6, 6.07) is 0. The minimum atomic E-state index is 0.534. The zero-order valence-corrected chi connectivity index (χ0v) is 9.00. The molecule has 0 rings (SSSR count). The number of rotatable bonds is 4. The normalized spacial score (nSPS) is 12.0. The summed E-state index contributed by atoms with van der Waals surface area (Å²) < 4.78 is 0. The first kappa shape index (κ1) is 10.5. The quantitative estimate of drug-likeness (QED) is 0.483. The molecule has 0 saturated carbocycles. The molecule has 0 nitrogen and oxygen atoms in total. The molecule has 0 atom stereocenters. The molecule has 0 aromatic heterocycles. The highest BCUT2D eigenvalue weighted by atomic mass is 79.9. The van der Waals surface area contributed by atoms with Crippen molar-refractivity contribution in [2.45, 2.75) is 46.5 Å². The fourth-order valence-corrected chi connectivity index (χ4v) is 1.32. The van der Waals surface area contributed by atoms with Crippen LogP contribution in [0.1, 0.15) is 46.5 Å². The molecule has 0 heterocycles. The number of hydrogen-bond acceptors (Lipinski definition) is 0. The van der Waals surface area contributed by atoms with Gasteiger partial charge in [0.2, 0.25) is 0 Å². The standard InChI is InChI=1S/C9H19Br/c1-9(2,3)7-5-4-6-8-10/h4-8H2,1-3H3. The van der Waals surface area contributed by atoms with E-state index < -0.39 is 0 Å². The molecule has 0 aliphatic carbocycles. The predicted octanol–water partition coefficient (Wildman–Crippen LogP) is 3.99. The van der Waals surface area contributed by atoms with Crippen LogP contribution in [0.5, 0.6) is 0 Å². The summed E-state index contributed by atoms with van der Waals surface area (Å²) in [6.07, 6.45) is 5.45. The lowest BCUT2D eigenvalue weighted by Crippen LogP contribution is -2.03. The van der Waals surface area contributed by atoms with E-state index in [0.717, 1.165) is 5.33 Å². The van der Waals surface area contributed by atoms with Gasteiger partial charge in [0.05, 0.1) is 0 Å². The molecule has 62 valence electrons. The fourth-order valence-electron chi connectivity index (χ4n) is 0.927. The topological polar surface area (TPSA) is 0 Å². The zero-order valence-electron chi connectivity index (χ0n) is 7.41. The van der Waals surface area contributed by atoms with Crippen LogP contribution in [-0.4, -0.2) is 5.33 Å². The first-order chi connectivity index (χ1) is 4.56. The number of hydrogen-bond donors (Lipinski definition) is 0. The molecule has 0 amide bonds. The van der Waals surface area contributed by atoms with Crippen LogP contribution in [0, 0.1) is 5.41 Å². The van der Waals surface area contributed by atoms with E-state index >= 15 is 0 Å². The molecule has 0 aliphatic rings. The van der Waals surface area contributed by atoms with Gasteiger partial charge in [0.1, 0.15) is 0 Å². The van der Waals surface area contributed by atoms with E-state index in [-0.39, 0.29) is 0 Å². The van der Waals surface area contributed by atoms with Gasteiger partial charge in [0.15, 0.2) is 0 Å². The Bertz CT molecular complexity index is 71.3. The van der Waals surface area contributed by atoms with Crippen molar-refractivity contribution in [3.8, 4) is 0 Å². The molecule has 0 fully saturated rings. The molecular weight excluding hydrogens is 188 g/mol. The molecule has 0 bridgehead atoms. The Morgan fingerprint density at radius 2 is 1.60 bits per heavy atom. The smallest absolute Gasteiger partial charge is 0.00313 e. The first-order valence-electron chi connectivity index (χ1n) is 4.12. The molecule has 0 aromatic carbocycles. The maximum Gasteiger partial charge on any atom is 0.00313 e. The molecule has 1 heteroatoms. The Balaban J connectivity index is 3.04. The lowest BCUT2D eigenvalue weighted by Gasteiger charge is -2.17. The Morgan fingerprint density at radius 3 is 2.00 bits per heavy atom. The lowest BCUT2D eigenvalue weighted by molar-refractivity contribution is 0.360. The highest BCUT2D eigenvalue weighted by Gasteiger charge is 2.08. The molecule has 10 heavy (non-hydrogen) atoms. The average molecular weight is 207 g/mol. The molecule has 0 N–H and O–H groups in total. The summed E-state index contributed by atoms with van der Waals surface area (Å²) >= 11 is 3.43. The van der Waals surface area contributed by atoms with Gasteiger partial charge in [-0.3, -0.25) is 0 Å². The predicted molar refractivity (Wildman–Crippen MR) is 51.7 cm³/mol. The van der Waals surface area contributed by atoms with Crippen molar-refractivity contribution in [1.82, 2.24) is 0 Å². The molecule has 0 unspecified atom stereocenters. The first-order valence-corrected chi connectivity index (χ1v) is 5.24. The third-order valence-electron chi connectivity index (χ3n) is 1.56. The van der Waals surface area contributed by atoms with Crippen molar-refractivity contribution in [1.29, 1.82) is 0 Å². The van der Waals surface area contributed by atoms with Gasteiger partial charge < -0.3 is 0 Å². The largest absolute Gasteiger partial charge is 0.0928 e. The third kappa shape index (κ3) is 8.48. The third-order valence-corrected chi connectivity index (χ3v) is 2.12. The zero-order chi connectivity index (χ0) is 8.04. The highest BCUT2D eigenvalue weighted by Crippen LogP contribution is 2.21. The van der Waals surface area contributed by atoms with Crippen molar-refractivity contribution in [2.24, 2.45) is 5.41 Å². The van der Waals surface area contributed by atoms with Gasteiger partial charge in [-0.25, -0.2) is 0 Å². The maximum atomic E-state index is 3.43. The van der Waals surface area contributed by atoms with Crippen LogP contribution in [0.3, 0.4) is 0 Å². The Labute approximate surface area is 73.5 Å². The Kier molecular flexibility index (Phi) is 5.42. The minimum absolute atomic E-state index is 0.534. The summed E-state index contributed by atoms with van der Waals surface area (Å²) in [5, 5.41) is 1.16. The maximum absolute atomic E-state index is 3.43. The monoisotopic (exact) mass is 206 g/mol. The molecule has 0 aliphatic heterocycles. The summed E-state index contributed by atoms with van der Waals surface area (Å²) in [5.74, 6) is 0. The van der Waals surface area contributed by atoms with Crippen LogP contribution in [0.15, 0.2) is 0 Å². The van der Waals surface area contributed by atoms with Crippen LogP contribution in [-0.2, 0) is 0 Å². The van der Waals surface area contributed by atoms with E-state index in [0.29, 0.717) is 5.41 Å².